The van der Waals surface area contributed by atoms with Crippen molar-refractivity contribution in [1.82, 2.24) is 5.32 Å². The molecule has 0 radical (unpaired) electrons. The minimum absolute atomic E-state index is 0.409. The van der Waals surface area contributed by atoms with Crippen LogP contribution in [0.4, 0.5) is 0 Å². The standard InChI is InChI=1S/C16H25NO/c1-4-9-17-16(15-10-13(3)18-11-15)14-7-5-12(2)6-8-14/h5-8,13,15-17H,4,9-11H2,1-3H3. The van der Waals surface area contributed by atoms with Crippen molar-refractivity contribution in [2.24, 2.45) is 5.92 Å². The zero-order chi connectivity index (χ0) is 13.0. The molecule has 2 heteroatoms. The van der Waals surface area contributed by atoms with Gasteiger partial charge in [-0.2, -0.15) is 0 Å². The second-order valence-electron chi connectivity index (χ2n) is 5.48. The van der Waals surface area contributed by atoms with Gasteiger partial charge in [0.1, 0.15) is 0 Å². The fourth-order valence-corrected chi connectivity index (χ4v) is 2.71. The number of rotatable bonds is 5. The van der Waals surface area contributed by atoms with Crippen LogP contribution in [0.3, 0.4) is 0 Å². The molecule has 1 aliphatic heterocycles. The molecule has 0 saturated carbocycles. The van der Waals surface area contributed by atoms with E-state index in [-0.39, 0.29) is 0 Å². The fourth-order valence-electron chi connectivity index (χ4n) is 2.71. The van der Waals surface area contributed by atoms with Crippen LogP contribution in [0.2, 0.25) is 0 Å². The van der Waals surface area contributed by atoms with Crippen molar-refractivity contribution in [1.29, 1.82) is 0 Å². The second-order valence-corrected chi connectivity index (χ2v) is 5.48. The Morgan fingerprint density at radius 3 is 2.61 bits per heavy atom. The summed E-state index contributed by atoms with van der Waals surface area (Å²) in [7, 11) is 0. The third-order valence-electron chi connectivity index (χ3n) is 3.75. The molecule has 0 amide bonds. The predicted molar refractivity (Wildman–Crippen MR) is 75.7 cm³/mol. The lowest BCUT2D eigenvalue weighted by atomic mass is 9.90. The molecule has 1 aromatic rings. The first-order valence-electron chi connectivity index (χ1n) is 7.12. The minimum atomic E-state index is 0.409. The van der Waals surface area contributed by atoms with Gasteiger partial charge in [-0.3, -0.25) is 0 Å². The van der Waals surface area contributed by atoms with Crippen molar-refractivity contribution in [2.45, 2.75) is 45.8 Å². The third kappa shape index (κ3) is 3.33. The smallest absolute Gasteiger partial charge is 0.0551 e. The van der Waals surface area contributed by atoms with Gasteiger partial charge in [0.15, 0.2) is 0 Å². The molecular weight excluding hydrogens is 222 g/mol. The quantitative estimate of drug-likeness (QED) is 0.860. The van der Waals surface area contributed by atoms with E-state index in [1.54, 1.807) is 0 Å². The lowest BCUT2D eigenvalue weighted by Crippen LogP contribution is -2.29. The van der Waals surface area contributed by atoms with Gasteiger partial charge < -0.3 is 10.1 Å². The molecule has 0 bridgehead atoms. The Kier molecular flexibility index (Phi) is 4.79. The maximum Gasteiger partial charge on any atom is 0.0551 e. The summed E-state index contributed by atoms with van der Waals surface area (Å²) in [6.45, 7) is 8.48. The molecule has 1 heterocycles. The van der Waals surface area contributed by atoms with Crippen molar-refractivity contribution >= 4 is 0 Å². The van der Waals surface area contributed by atoms with Crippen LogP contribution in [-0.4, -0.2) is 19.3 Å². The van der Waals surface area contributed by atoms with Crippen LogP contribution in [-0.2, 0) is 4.74 Å². The molecule has 2 nitrogen and oxygen atoms in total. The summed E-state index contributed by atoms with van der Waals surface area (Å²) in [5.41, 5.74) is 2.72. The zero-order valence-corrected chi connectivity index (χ0v) is 11.8. The molecule has 3 atom stereocenters. The summed E-state index contributed by atoms with van der Waals surface area (Å²) < 4.78 is 5.73. The van der Waals surface area contributed by atoms with Crippen molar-refractivity contribution in [3.8, 4) is 0 Å². The van der Waals surface area contributed by atoms with E-state index in [0.29, 0.717) is 18.1 Å². The van der Waals surface area contributed by atoms with Crippen molar-refractivity contribution < 1.29 is 4.74 Å². The SMILES string of the molecule is CCCNC(c1ccc(C)cc1)C1COC(C)C1. The normalized spacial score (nSPS) is 25.3. The van der Waals surface area contributed by atoms with Crippen LogP contribution in [0.15, 0.2) is 24.3 Å². The van der Waals surface area contributed by atoms with Crippen molar-refractivity contribution in [2.75, 3.05) is 13.2 Å². The highest BCUT2D eigenvalue weighted by Gasteiger charge is 2.30. The fraction of sp³-hybridized carbons (Fsp3) is 0.625. The van der Waals surface area contributed by atoms with Crippen LogP contribution < -0.4 is 5.32 Å². The van der Waals surface area contributed by atoms with Crippen LogP contribution in [0, 0.1) is 12.8 Å². The first-order valence-corrected chi connectivity index (χ1v) is 7.12. The minimum Gasteiger partial charge on any atom is -0.378 e. The van der Waals surface area contributed by atoms with Crippen LogP contribution in [0.1, 0.15) is 43.9 Å². The summed E-state index contributed by atoms with van der Waals surface area (Å²) in [6, 6.07) is 9.36. The monoisotopic (exact) mass is 247 g/mol. The number of hydrogen-bond donors (Lipinski definition) is 1. The molecule has 1 saturated heterocycles. The topological polar surface area (TPSA) is 21.3 Å². The molecule has 0 aliphatic carbocycles. The molecule has 3 unspecified atom stereocenters. The van der Waals surface area contributed by atoms with E-state index >= 15 is 0 Å². The maximum absolute atomic E-state index is 5.73. The zero-order valence-electron chi connectivity index (χ0n) is 11.8. The molecular formula is C16H25NO. The number of ether oxygens (including phenoxy) is 1. The van der Waals surface area contributed by atoms with Gasteiger partial charge in [0.05, 0.1) is 12.7 Å². The van der Waals surface area contributed by atoms with Gasteiger partial charge in [0, 0.05) is 12.0 Å². The summed E-state index contributed by atoms with van der Waals surface area (Å²) >= 11 is 0. The van der Waals surface area contributed by atoms with Gasteiger partial charge in [-0.25, -0.2) is 0 Å². The van der Waals surface area contributed by atoms with Gasteiger partial charge in [0.25, 0.3) is 0 Å². The van der Waals surface area contributed by atoms with Crippen molar-refractivity contribution in [3.05, 3.63) is 35.4 Å². The molecule has 1 N–H and O–H groups in total. The highest BCUT2D eigenvalue weighted by atomic mass is 16.5. The molecule has 1 aromatic carbocycles. The Bertz CT molecular complexity index is 360. The molecule has 1 fully saturated rings. The van der Waals surface area contributed by atoms with E-state index in [1.165, 1.54) is 17.5 Å². The summed E-state index contributed by atoms with van der Waals surface area (Å²) in [5, 5.41) is 3.69. The third-order valence-corrected chi connectivity index (χ3v) is 3.75. The van der Waals surface area contributed by atoms with Gasteiger partial charge in [-0.05, 0) is 38.8 Å². The van der Waals surface area contributed by atoms with Gasteiger partial charge in [-0.1, -0.05) is 36.8 Å². The van der Waals surface area contributed by atoms with Gasteiger partial charge in [0.2, 0.25) is 0 Å². The van der Waals surface area contributed by atoms with E-state index in [4.69, 9.17) is 4.74 Å². The lowest BCUT2D eigenvalue weighted by Gasteiger charge is -2.24. The molecule has 1 aliphatic rings. The number of nitrogens with one attached hydrogen (secondary N) is 1. The predicted octanol–water partition coefficient (Wildman–Crippen LogP) is 3.46. The Labute approximate surface area is 111 Å². The lowest BCUT2D eigenvalue weighted by molar-refractivity contribution is 0.117. The Balaban J connectivity index is 2.11. The Morgan fingerprint density at radius 2 is 2.06 bits per heavy atom. The molecule has 18 heavy (non-hydrogen) atoms. The highest BCUT2D eigenvalue weighted by Crippen LogP contribution is 2.31. The van der Waals surface area contributed by atoms with Gasteiger partial charge >= 0.3 is 0 Å². The number of aryl methyl sites for hydroxylation is 1. The molecule has 0 aromatic heterocycles. The average molecular weight is 247 g/mol. The maximum atomic E-state index is 5.73. The molecule has 100 valence electrons. The summed E-state index contributed by atoms with van der Waals surface area (Å²) in [6.07, 6.45) is 2.74. The Hall–Kier alpha value is -0.860. The van der Waals surface area contributed by atoms with E-state index in [0.717, 1.165) is 19.6 Å². The first-order chi connectivity index (χ1) is 8.70. The average Bonchev–Trinajstić information content (AvgIpc) is 2.78. The van der Waals surface area contributed by atoms with E-state index in [2.05, 4.69) is 50.4 Å². The summed E-state index contributed by atoms with van der Waals surface area (Å²) in [4.78, 5) is 0. The molecule has 2 rings (SSSR count). The van der Waals surface area contributed by atoms with E-state index < -0.39 is 0 Å². The van der Waals surface area contributed by atoms with Crippen LogP contribution in [0.25, 0.3) is 0 Å². The Morgan fingerprint density at radius 1 is 1.33 bits per heavy atom. The first kappa shape index (κ1) is 13.6. The van der Waals surface area contributed by atoms with E-state index in [1.807, 2.05) is 0 Å². The molecule has 0 spiro atoms. The number of benzene rings is 1. The van der Waals surface area contributed by atoms with Gasteiger partial charge in [-0.15, -0.1) is 0 Å². The largest absolute Gasteiger partial charge is 0.378 e. The van der Waals surface area contributed by atoms with Crippen LogP contribution >= 0.6 is 0 Å². The van der Waals surface area contributed by atoms with Crippen molar-refractivity contribution in [3.63, 3.8) is 0 Å². The summed E-state index contributed by atoms with van der Waals surface area (Å²) in [5.74, 6) is 0.606. The van der Waals surface area contributed by atoms with E-state index in [9.17, 15) is 0 Å². The number of hydrogen-bond acceptors (Lipinski definition) is 2. The highest BCUT2D eigenvalue weighted by molar-refractivity contribution is 5.25. The second kappa shape index (κ2) is 6.35. The van der Waals surface area contributed by atoms with Crippen LogP contribution in [0.5, 0.6) is 0 Å².